The topological polar surface area (TPSA) is 48.3 Å². The molecule has 1 aromatic heterocycles. The van der Waals surface area contributed by atoms with Crippen molar-refractivity contribution in [2.24, 2.45) is 0 Å². The highest BCUT2D eigenvalue weighted by Crippen LogP contribution is 2.26. The Kier molecular flexibility index (Phi) is 4.24. The van der Waals surface area contributed by atoms with E-state index in [2.05, 4.69) is 0 Å². The van der Waals surface area contributed by atoms with Crippen LogP contribution >= 0.6 is 0 Å². The van der Waals surface area contributed by atoms with Gasteiger partial charge in [-0.3, -0.25) is 14.2 Å². The maximum Gasteiger partial charge on any atom is 0.326 e. The van der Waals surface area contributed by atoms with Gasteiger partial charge in [-0.1, -0.05) is 48.5 Å². The van der Waals surface area contributed by atoms with E-state index in [0.29, 0.717) is 6.61 Å². The Bertz CT molecular complexity index is 897. The van der Waals surface area contributed by atoms with Crippen molar-refractivity contribution in [2.45, 2.75) is 13.5 Å². The lowest BCUT2D eigenvalue weighted by Gasteiger charge is -2.13. The molecule has 0 spiro atoms. The summed E-state index contributed by atoms with van der Waals surface area (Å²) >= 11 is 0. The van der Waals surface area contributed by atoms with E-state index in [9.17, 15) is 9.59 Å². The van der Waals surface area contributed by atoms with E-state index in [1.807, 2.05) is 54.6 Å². The van der Waals surface area contributed by atoms with Gasteiger partial charge in [0.1, 0.15) is 6.54 Å². The number of pyridine rings is 1. The second-order valence-corrected chi connectivity index (χ2v) is 5.17. The standard InChI is InChI=1S/C19H17NO3/c1-2-23-19(22)13-20-17-11-7-6-10-15(17)16(12-18(20)21)14-8-4-3-5-9-14/h3-12H,2,13H2,1H3. The number of fused-ring (bicyclic) bond motifs is 1. The SMILES string of the molecule is CCOC(=O)Cn1c(=O)cc(-c2ccccc2)c2ccccc21. The van der Waals surface area contributed by atoms with E-state index in [4.69, 9.17) is 4.74 Å². The molecule has 0 aliphatic heterocycles. The van der Waals surface area contributed by atoms with Gasteiger partial charge in [0.2, 0.25) is 0 Å². The van der Waals surface area contributed by atoms with Crippen molar-refractivity contribution < 1.29 is 9.53 Å². The van der Waals surface area contributed by atoms with E-state index in [1.54, 1.807) is 13.0 Å². The largest absolute Gasteiger partial charge is 0.465 e. The number of benzene rings is 2. The number of aromatic nitrogens is 1. The highest BCUT2D eigenvalue weighted by Gasteiger charge is 2.12. The highest BCUT2D eigenvalue weighted by atomic mass is 16.5. The highest BCUT2D eigenvalue weighted by molar-refractivity contribution is 5.95. The zero-order valence-corrected chi connectivity index (χ0v) is 12.9. The van der Waals surface area contributed by atoms with E-state index in [1.165, 1.54) is 4.57 Å². The molecule has 0 fully saturated rings. The Morgan fingerprint density at radius 1 is 1.04 bits per heavy atom. The number of hydrogen-bond donors (Lipinski definition) is 0. The molecule has 0 saturated heterocycles. The minimum atomic E-state index is -0.410. The van der Waals surface area contributed by atoms with Gasteiger partial charge in [-0.05, 0) is 24.1 Å². The molecule has 0 radical (unpaired) electrons. The van der Waals surface area contributed by atoms with Crippen molar-refractivity contribution in [2.75, 3.05) is 6.61 Å². The van der Waals surface area contributed by atoms with E-state index in [-0.39, 0.29) is 12.1 Å². The summed E-state index contributed by atoms with van der Waals surface area (Å²) in [5.74, 6) is -0.410. The Labute approximate surface area is 133 Å². The molecule has 4 nitrogen and oxygen atoms in total. The van der Waals surface area contributed by atoms with E-state index < -0.39 is 5.97 Å². The van der Waals surface area contributed by atoms with Crippen LogP contribution in [0.2, 0.25) is 0 Å². The monoisotopic (exact) mass is 307 g/mol. The normalized spacial score (nSPS) is 10.7. The van der Waals surface area contributed by atoms with Gasteiger partial charge in [-0.2, -0.15) is 0 Å². The molecule has 0 unspecified atom stereocenters. The smallest absolute Gasteiger partial charge is 0.326 e. The second kappa shape index (κ2) is 6.48. The van der Waals surface area contributed by atoms with Crippen LogP contribution in [0.3, 0.4) is 0 Å². The third-order valence-electron chi connectivity index (χ3n) is 3.70. The molecule has 0 aliphatic rings. The first-order valence-corrected chi connectivity index (χ1v) is 7.54. The van der Waals surface area contributed by atoms with Gasteiger partial charge in [0.25, 0.3) is 5.56 Å². The van der Waals surface area contributed by atoms with Gasteiger partial charge in [0.05, 0.1) is 12.1 Å². The van der Waals surface area contributed by atoms with Crippen LogP contribution in [-0.2, 0) is 16.1 Å². The molecule has 1 heterocycles. The van der Waals surface area contributed by atoms with Crippen molar-refractivity contribution >= 4 is 16.9 Å². The fourth-order valence-electron chi connectivity index (χ4n) is 2.69. The van der Waals surface area contributed by atoms with Gasteiger partial charge < -0.3 is 4.74 Å². The molecule has 0 amide bonds. The number of rotatable bonds is 4. The summed E-state index contributed by atoms with van der Waals surface area (Å²) in [6, 6.07) is 18.9. The molecule has 116 valence electrons. The Morgan fingerprint density at radius 2 is 1.74 bits per heavy atom. The van der Waals surface area contributed by atoms with E-state index in [0.717, 1.165) is 22.0 Å². The summed E-state index contributed by atoms with van der Waals surface area (Å²) < 4.78 is 6.42. The fraction of sp³-hybridized carbons (Fsp3) is 0.158. The van der Waals surface area contributed by atoms with Crippen molar-refractivity contribution in [3.63, 3.8) is 0 Å². The summed E-state index contributed by atoms with van der Waals surface area (Å²) in [6.07, 6.45) is 0. The van der Waals surface area contributed by atoms with Gasteiger partial charge in [-0.25, -0.2) is 0 Å². The Hall–Kier alpha value is -2.88. The molecular weight excluding hydrogens is 290 g/mol. The zero-order valence-electron chi connectivity index (χ0n) is 12.9. The first kappa shape index (κ1) is 15.0. The summed E-state index contributed by atoms with van der Waals surface area (Å²) in [5, 5.41) is 0.933. The lowest BCUT2D eigenvalue weighted by atomic mass is 10.0. The minimum Gasteiger partial charge on any atom is -0.465 e. The van der Waals surface area contributed by atoms with Crippen LogP contribution < -0.4 is 5.56 Å². The number of para-hydroxylation sites is 1. The van der Waals surface area contributed by atoms with Crippen molar-refractivity contribution in [1.82, 2.24) is 4.57 Å². The van der Waals surface area contributed by atoms with E-state index >= 15 is 0 Å². The first-order valence-electron chi connectivity index (χ1n) is 7.54. The van der Waals surface area contributed by atoms with Gasteiger partial charge in [0.15, 0.2) is 0 Å². The van der Waals surface area contributed by atoms with Gasteiger partial charge in [-0.15, -0.1) is 0 Å². The summed E-state index contributed by atoms with van der Waals surface area (Å²) in [4.78, 5) is 24.3. The molecular formula is C19H17NO3. The number of carbonyl (C=O) groups excluding carboxylic acids is 1. The predicted molar refractivity (Wildman–Crippen MR) is 90.3 cm³/mol. The Balaban J connectivity index is 2.20. The number of ether oxygens (including phenoxy) is 1. The van der Waals surface area contributed by atoms with Crippen LogP contribution in [0.25, 0.3) is 22.0 Å². The molecule has 3 rings (SSSR count). The molecule has 23 heavy (non-hydrogen) atoms. The van der Waals surface area contributed by atoms with Gasteiger partial charge in [0, 0.05) is 11.5 Å². The molecule has 4 heteroatoms. The fourth-order valence-corrected chi connectivity index (χ4v) is 2.69. The Morgan fingerprint density at radius 3 is 2.48 bits per heavy atom. The van der Waals surface area contributed by atoms with Crippen LogP contribution in [0.1, 0.15) is 6.92 Å². The summed E-state index contributed by atoms with van der Waals surface area (Å²) in [6.45, 7) is 1.97. The van der Waals surface area contributed by atoms with Crippen LogP contribution in [0.5, 0.6) is 0 Å². The van der Waals surface area contributed by atoms with Crippen LogP contribution in [0.15, 0.2) is 65.5 Å². The zero-order chi connectivity index (χ0) is 16.2. The molecule has 2 aromatic carbocycles. The van der Waals surface area contributed by atoms with Gasteiger partial charge >= 0.3 is 5.97 Å². The quantitative estimate of drug-likeness (QED) is 0.695. The maximum atomic E-state index is 12.5. The third kappa shape index (κ3) is 3.01. The molecule has 0 N–H and O–H groups in total. The average Bonchev–Trinajstić information content (AvgIpc) is 2.58. The molecule has 0 saturated carbocycles. The lowest BCUT2D eigenvalue weighted by Crippen LogP contribution is -2.25. The van der Waals surface area contributed by atoms with Crippen molar-refractivity contribution in [3.05, 3.63) is 71.0 Å². The average molecular weight is 307 g/mol. The van der Waals surface area contributed by atoms with Crippen molar-refractivity contribution in [3.8, 4) is 11.1 Å². The first-order chi connectivity index (χ1) is 11.2. The number of carbonyl (C=O) groups is 1. The molecule has 0 bridgehead atoms. The number of esters is 1. The minimum absolute atomic E-state index is 0.0811. The molecule has 3 aromatic rings. The van der Waals surface area contributed by atoms with Crippen LogP contribution in [0, 0.1) is 0 Å². The lowest BCUT2D eigenvalue weighted by molar-refractivity contribution is -0.143. The number of hydrogen-bond acceptors (Lipinski definition) is 3. The molecule has 0 atom stereocenters. The van der Waals surface area contributed by atoms with Crippen LogP contribution in [0.4, 0.5) is 0 Å². The predicted octanol–water partition coefficient (Wildman–Crippen LogP) is 3.23. The summed E-state index contributed by atoms with van der Waals surface area (Å²) in [7, 11) is 0. The maximum absolute atomic E-state index is 12.5. The third-order valence-corrected chi connectivity index (χ3v) is 3.70. The summed E-state index contributed by atoms with van der Waals surface area (Å²) in [5.41, 5.74) is 2.36. The molecule has 0 aliphatic carbocycles. The van der Waals surface area contributed by atoms with Crippen molar-refractivity contribution in [1.29, 1.82) is 0 Å². The number of nitrogens with zero attached hydrogens (tertiary/aromatic N) is 1. The second-order valence-electron chi connectivity index (χ2n) is 5.17. The van der Waals surface area contributed by atoms with Crippen LogP contribution in [-0.4, -0.2) is 17.1 Å².